The Balaban J connectivity index is 2.36. The summed E-state index contributed by atoms with van der Waals surface area (Å²) in [6.45, 7) is 4.85. The van der Waals surface area contributed by atoms with Crippen molar-refractivity contribution >= 4 is 16.9 Å². The topological polar surface area (TPSA) is 52.2 Å². The Kier molecular flexibility index (Phi) is 3.14. The van der Waals surface area contributed by atoms with Crippen LogP contribution < -0.4 is 5.76 Å². The molecule has 0 N–H and O–H groups in total. The third-order valence-corrected chi connectivity index (χ3v) is 4.07. The molecule has 1 unspecified atom stereocenters. The van der Waals surface area contributed by atoms with Gasteiger partial charge in [-0.1, -0.05) is 26.7 Å². The molecule has 0 aromatic carbocycles. The van der Waals surface area contributed by atoms with Crippen LogP contribution in [-0.2, 0) is 17.3 Å². The summed E-state index contributed by atoms with van der Waals surface area (Å²) in [6, 6.07) is 0. The lowest BCUT2D eigenvalue weighted by molar-refractivity contribution is 0.373. The van der Waals surface area contributed by atoms with Crippen LogP contribution in [0.15, 0.2) is 19.7 Å². The summed E-state index contributed by atoms with van der Waals surface area (Å²) < 4.78 is 18.0. The van der Waals surface area contributed by atoms with E-state index in [9.17, 15) is 9.00 Å². The second kappa shape index (κ2) is 4.41. The highest BCUT2D eigenvalue weighted by Crippen LogP contribution is 2.23. The summed E-state index contributed by atoms with van der Waals surface area (Å²) >= 11 is 0. The molecular weight excluding hydrogens is 226 g/mol. The molecule has 0 amide bonds. The summed E-state index contributed by atoms with van der Waals surface area (Å²) in [4.78, 5) is 11.6. The van der Waals surface area contributed by atoms with Crippen molar-refractivity contribution in [2.24, 2.45) is 5.92 Å². The van der Waals surface area contributed by atoms with Gasteiger partial charge in [0.1, 0.15) is 16.5 Å². The molecule has 1 aromatic rings. The van der Waals surface area contributed by atoms with Gasteiger partial charge in [0, 0.05) is 12.0 Å². The lowest BCUT2D eigenvalue weighted by Gasteiger charge is -2.12. The fourth-order valence-corrected chi connectivity index (χ4v) is 2.78. The molecule has 0 saturated carbocycles. The Hall–Kier alpha value is -1.10. The third-order valence-electron chi connectivity index (χ3n) is 3.03. The van der Waals surface area contributed by atoms with E-state index >= 15 is 0 Å². The van der Waals surface area contributed by atoms with Crippen LogP contribution in [0.3, 0.4) is 0 Å². The molecule has 1 aliphatic rings. The summed E-state index contributed by atoms with van der Waals surface area (Å²) in [5.74, 6) is 0.0661. The molecule has 1 aliphatic heterocycles. The van der Waals surface area contributed by atoms with Crippen LogP contribution in [0.5, 0.6) is 0 Å². The van der Waals surface area contributed by atoms with Gasteiger partial charge in [0.2, 0.25) is 5.09 Å². The molecule has 2 rings (SSSR count). The average molecular weight is 241 g/mol. The SMILES string of the molecule is CCC(CC)Cn1c2c(oc1=O)S(=O)C=C2. The molecule has 1 aromatic heterocycles. The fourth-order valence-electron chi connectivity index (χ4n) is 1.86. The fraction of sp³-hybridized carbons (Fsp3) is 0.545. The molecule has 88 valence electrons. The summed E-state index contributed by atoms with van der Waals surface area (Å²) in [5, 5.41) is 1.85. The van der Waals surface area contributed by atoms with Crippen molar-refractivity contribution in [3.05, 3.63) is 21.7 Å². The minimum Gasteiger partial charge on any atom is -0.398 e. The molecule has 0 spiro atoms. The minimum atomic E-state index is -1.27. The maximum absolute atomic E-state index is 11.6. The normalized spacial score (nSPS) is 18.3. The van der Waals surface area contributed by atoms with E-state index in [2.05, 4.69) is 13.8 Å². The zero-order valence-corrected chi connectivity index (χ0v) is 10.3. The summed E-state index contributed by atoms with van der Waals surface area (Å²) in [7, 11) is -1.27. The van der Waals surface area contributed by atoms with Gasteiger partial charge in [-0.3, -0.25) is 4.57 Å². The zero-order valence-electron chi connectivity index (χ0n) is 9.43. The number of oxazole rings is 1. The predicted molar refractivity (Wildman–Crippen MR) is 62.5 cm³/mol. The lowest BCUT2D eigenvalue weighted by Crippen LogP contribution is -2.20. The maximum atomic E-state index is 11.6. The largest absolute Gasteiger partial charge is 0.420 e. The average Bonchev–Trinajstić information content (AvgIpc) is 2.77. The second-order valence-electron chi connectivity index (χ2n) is 3.93. The zero-order chi connectivity index (χ0) is 11.7. The number of fused-ring (bicyclic) bond motifs is 1. The van der Waals surface area contributed by atoms with Gasteiger partial charge in [-0.15, -0.1) is 0 Å². The van der Waals surface area contributed by atoms with Crippen molar-refractivity contribution < 1.29 is 8.63 Å². The minimum absolute atomic E-state index is 0.302. The molecule has 0 bridgehead atoms. The predicted octanol–water partition coefficient (Wildman–Crippen LogP) is 1.97. The van der Waals surface area contributed by atoms with Gasteiger partial charge in [0.05, 0.1) is 0 Å². The van der Waals surface area contributed by atoms with Crippen molar-refractivity contribution in [2.45, 2.75) is 38.3 Å². The Morgan fingerprint density at radius 1 is 1.44 bits per heavy atom. The highest BCUT2D eigenvalue weighted by molar-refractivity contribution is 7.88. The van der Waals surface area contributed by atoms with E-state index in [-0.39, 0.29) is 0 Å². The second-order valence-corrected chi connectivity index (χ2v) is 5.17. The lowest BCUT2D eigenvalue weighted by atomic mass is 10.0. The van der Waals surface area contributed by atoms with Crippen molar-refractivity contribution in [1.29, 1.82) is 0 Å². The standard InChI is InChI=1S/C11H15NO3S/c1-3-8(4-2)7-12-9-5-6-16(14)10(9)15-11(12)13/h5-6,8H,3-4,7H2,1-2H3. The number of aromatic nitrogens is 1. The van der Waals surface area contributed by atoms with Gasteiger partial charge in [-0.2, -0.15) is 0 Å². The quantitative estimate of drug-likeness (QED) is 0.809. The van der Waals surface area contributed by atoms with Gasteiger partial charge in [-0.05, 0) is 12.0 Å². The van der Waals surface area contributed by atoms with Crippen molar-refractivity contribution in [3.8, 4) is 0 Å². The Morgan fingerprint density at radius 2 is 2.12 bits per heavy atom. The van der Waals surface area contributed by atoms with Crippen LogP contribution in [0.1, 0.15) is 32.4 Å². The summed E-state index contributed by atoms with van der Waals surface area (Å²) in [5.41, 5.74) is 0.676. The van der Waals surface area contributed by atoms with Crippen molar-refractivity contribution in [3.63, 3.8) is 0 Å². The van der Waals surface area contributed by atoms with E-state index in [4.69, 9.17) is 4.42 Å². The first kappa shape index (κ1) is 11.4. The first-order valence-corrected chi connectivity index (χ1v) is 6.71. The van der Waals surface area contributed by atoms with Crippen LogP contribution >= 0.6 is 0 Å². The molecule has 5 heteroatoms. The molecule has 16 heavy (non-hydrogen) atoms. The number of hydrogen-bond acceptors (Lipinski definition) is 3. The Morgan fingerprint density at radius 3 is 2.75 bits per heavy atom. The Bertz CT molecular complexity index is 494. The molecule has 4 nitrogen and oxygen atoms in total. The van der Waals surface area contributed by atoms with E-state index in [1.165, 1.54) is 0 Å². The molecule has 2 heterocycles. The van der Waals surface area contributed by atoms with Crippen LogP contribution in [0.25, 0.3) is 6.08 Å². The van der Waals surface area contributed by atoms with Crippen molar-refractivity contribution in [1.82, 2.24) is 4.57 Å². The molecule has 0 aliphatic carbocycles. The first-order valence-electron chi connectivity index (χ1n) is 5.49. The number of hydrogen-bond donors (Lipinski definition) is 0. The van der Waals surface area contributed by atoms with Gasteiger partial charge in [0.25, 0.3) is 0 Å². The first-order chi connectivity index (χ1) is 7.67. The van der Waals surface area contributed by atoms with Crippen LogP contribution in [0.4, 0.5) is 0 Å². The van der Waals surface area contributed by atoms with E-state index in [1.807, 2.05) is 0 Å². The van der Waals surface area contributed by atoms with Crippen LogP contribution in [0, 0.1) is 5.92 Å². The Labute approximate surface area is 96.4 Å². The van der Waals surface area contributed by atoms with E-state index in [1.54, 1.807) is 16.1 Å². The maximum Gasteiger partial charge on any atom is 0.420 e. The summed E-state index contributed by atoms with van der Waals surface area (Å²) in [6.07, 6.45) is 3.75. The molecular formula is C11H15NO3S. The number of rotatable bonds is 4. The molecule has 1 atom stereocenters. The van der Waals surface area contributed by atoms with Gasteiger partial charge in [-0.25, -0.2) is 9.00 Å². The van der Waals surface area contributed by atoms with Gasteiger partial charge in [0.15, 0.2) is 0 Å². The van der Waals surface area contributed by atoms with E-state index in [0.29, 0.717) is 23.2 Å². The van der Waals surface area contributed by atoms with Gasteiger partial charge >= 0.3 is 5.76 Å². The monoisotopic (exact) mass is 241 g/mol. The highest BCUT2D eigenvalue weighted by Gasteiger charge is 2.24. The van der Waals surface area contributed by atoms with Crippen LogP contribution in [-0.4, -0.2) is 8.78 Å². The molecule has 0 radical (unpaired) electrons. The van der Waals surface area contributed by atoms with Crippen molar-refractivity contribution in [2.75, 3.05) is 0 Å². The molecule has 0 saturated heterocycles. The van der Waals surface area contributed by atoms with E-state index in [0.717, 1.165) is 12.8 Å². The van der Waals surface area contributed by atoms with Gasteiger partial charge < -0.3 is 4.42 Å². The molecule has 0 fully saturated rings. The van der Waals surface area contributed by atoms with Crippen LogP contribution in [0.2, 0.25) is 0 Å². The number of nitrogens with zero attached hydrogens (tertiary/aromatic N) is 1. The van der Waals surface area contributed by atoms with E-state index < -0.39 is 16.6 Å². The highest BCUT2D eigenvalue weighted by atomic mass is 32.2. The third kappa shape index (κ3) is 1.80. The smallest absolute Gasteiger partial charge is 0.398 e.